The van der Waals surface area contributed by atoms with Gasteiger partial charge in [0.2, 0.25) is 0 Å². The Morgan fingerprint density at radius 1 is 0.327 bits per heavy atom. The summed E-state index contributed by atoms with van der Waals surface area (Å²) in [5.74, 6) is 0. The monoisotopic (exact) mass is 661 g/mol. The van der Waals surface area contributed by atoms with Crippen molar-refractivity contribution in [2.75, 3.05) is 4.81 Å². The van der Waals surface area contributed by atoms with Gasteiger partial charge < -0.3 is 13.9 Å². The molecule has 8 aromatic carbocycles. The first-order valence-corrected chi connectivity index (χ1v) is 18.0. The average Bonchev–Trinajstić information content (AvgIpc) is 3.74. The summed E-state index contributed by atoms with van der Waals surface area (Å²) >= 11 is 0. The third-order valence-corrected chi connectivity index (χ3v) is 11.0. The van der Waals surface area contributed by atoms with E-state index in [1.807, 2.05) is 0 Å². The lowest BCUT2D eigenvalue weighted by Crippen LogP contribution is -2.57. The average molecular weight is 662 g/mol. The minimum absolute atomic E-state index is 0.0418. The summed E-state index contributed by atoms with van der Waals surface area (Å²) in [5.41, 5.74) is 14.7. The van der Waals surface area contributed by atoms with Crippen LogP contribution >= 0.6 is 0 Å². The van der Waals surface area contributed by atoms with E-state index in [4.69, 9.17) is 0 Å². The number of nitrogens with zero attached hydrogens (tertiary/aromatic N) is 3. The predicted octanol–water partition coefficient (Wildman–Crippen LogP) is 10.8. The number of rotatable bonds is 4. The first-order valence-electron chi connectivity index (χ1n) is 18.0. The summed E-state index contributed by atoms with van der Waals surface area (Å²) in [6.45, 7) is 0.0418. The number of para-hydroxylation sites is 4. The summed E-state index contributed by atoms with van der Waals surface area (Å²) in [5, 5.41) is 5.03. The van der Waals surface area contributed by atoms with Gasteiger partial charge in [-0.15, -0.1) is 0 Å². The summed E-state index contributed by atoms with van der Waals surface area (Å²) < 4.78 is 4.88. The summed E-state index contributed by atoms with van der Waals surface area (Å²) in [6, 6.07) is 70.9. The molecule has 0 radical (unpaired) electrons. The smallest absolute Gasteiger partial charge is 0.328 e. The topological polar surface area (TPSA) is 13.1 Å². The molecule has 242 valence electrons. The number of aromatic nitrogens is 2. The van der Waals surface area contributed by atoms with Crippen molar-refractivity contribution >= 4 is 72.8 Å². The number of anilines is 2. The molecule has 0 spiro atoms. The lowest BCUT2D eigenvalue weighted by Gasteiger charge is -2.39. The fraction of sp³-hybridized carbons (Fsp3) is 0. The van der Waals surface area contributed by atoms with Crippen molar-refractivity contribution < 1.29 is 0 Å². The molecule has 2 aromatic heterocycles. The first kappa shape index (κ1) is 29.0. The Morgan fingerprint density at radius 3 is 1.58 bits per heavy atom. The van der Waals surface area contributed by atoms with Crippen LogP contribution in [-0.2, 0) is 0 Å². The van der Waals surface area contributed by atoms with Gasteiger partial charge in [-0.2, -0.15) is 0 Å². The number of benzene rings is 8. The molecule has 0 unspecified atom stereocenters. The predicted molar refractivity (Wildman–Crippen MR) is 221 cm³/mol. The van der Waals surface area contributed by atoms with Gasteiger partial charge in [-0.1, -0.05) is 139 Å². The molecule has 0 aliphatic carbocycles. The molecule has 1 aliphatic rings. The van der Waals surface area contributed by atoms with E-state index in [-0.39, 0.29) is 6.85 Å². The van der Waals surface area contributed by atoms with E-state index < -0.39 is 0 Å². The van der Waals surface area contributed by atoms with Crippen molar-refractivity contribution in [2.45, 2.75) is 0 Å². The maximum Gasteiger partial charge on any atom is 0.328 e. The highest BCUT2D eigenvalue weighted by atomic mass is 15.1. The highest BCUT2D eigenvalue weighted by Crippen LogP contribution is 2.42. The van der Waals surface area contributed by atoms with E-state index in [0.29, 0.717) is 0 Å². The molecule has 11 rings (SSSR count). The third kappa shape index (κ3) is 4.15. The highest BCUT2D eigenvalue weighted by molar-refractivity contribution is 6.90. The molecule has 0 saturated carbocycles. The van der Waals surface area contributed by atoms with Crippen LogP contribution in [-0.4, -0.2) is 16.0 Å². The Morgan fingerprint density at radius 2 is 0.846 bits per heavy atom. The molecule has 0 bridgehead atoms. The van der Waals surface area contributed by atoms with Gasteiger partial charge in [-0.3, -0.25) is 0 Å². The van der Waals surface area contributed by atoms with Gasteiger partial charge in [0.05, 0.1) is 27.8 Å². The highest BCUT2D eigenvalue weighted by Gasteiger charge is 2.36. The van der Waals surface area contributed by atoms with Gasteiger partial charge in [0.15, 0.2) is 0 Å². The lowest BCUT2D eigenvalue weighted by atomic mass is 9.46. The number of fused-ring (bicyclic) bond motifs is 9. The molecule has 1 aliphatic heterocycles. The second-order valence-electron chi connectivity index (χ2n) is 13.7. The van der Waals surface area contributed by atoms with Crippen LogP contribution in [0.25, 0.3) is 66.1 Å². The molecule has 0 saturated heterocycles. The normalized spacial score (nSPS) is 12.5. The number of hydrogen-bond donors (Lipinski definition) is 0. The van der Waals surface area contributed by atoms with Gasteiger partial charge in [0, 0.05) is 44.2 Å². The van der Waals surface area contributed by atoms with Crippen LogP contribution in [0.15, 0.2) is 194 Å². The number of hydrogen-bond acceptors (Lipinski definition) is 1. The Bertz CT molecular complexity index is 2920. The minimum atomic E-state index is 0.0418. The molecular weight excluding hydrogens is 629 g/mol. The van der Waals surface area contributed by atoms with Crippen LogP contribution in [0, 0.1) is 0 Å². The molecule has 0 N–H and O–H groups in total. The molecule has 3 nitrogen and oxygen atoms in total. The quantitative estimate of drug-likeness (QED) is 0.171. The van der Waals surface area contributed by atoms with Crippen LogP contribution in [0.3, 0.4) is 0 Å². The van der Waals surface area contributed by atoms with E-state index in [2.05, 4.69) is 208 Å². The largest absolute Gasteiger partial charge is 0.376 e. The van der Waals surface area contributed by atoms with Crippen LogP contribution in [0.1, 0.15) is 0 Å². The summed E-state index contributed by atoms with van der Waals surface area (Å²) in [4.78, 5) is 2.52. The third-order valence-electron chi connectivity index (χ3n) is 11.0. The van der Waals surface area contributed by atoms with E-state index in [9.17, 15) is 0 Å². The molecule has 0 amide bonds. The lowest BCUT2D eigenvalue weighted by molar-refractivity contribution is 1.17. The summed E-state index contributed by atoms with van der Waals surface area (Å²) in [7, 11) is 0. The van der Waals surface area contributed by atoms with Crippen molar-refractivity contribution in [3.63, 3.8) is 0 Å². The zero-order valence-corrected chi connectivity index (χ0v) is 28.4. The Kier molecular flexibility index (Phi) is 6.35. The van der Waals surface area contributed by atoms with Crippen LogP contribution in [0.4, 0.5) is 11.4 Å². The van der Waals surface area contributed by atoms with Crippen molar-refractivity contribution in [1.82, 2.24) is 9.13 Å². The first-order chi connectivity index (χ1) is 25.8. The van der Waals surface area contributed by atoms with Gasteiger partial charge in [0.25, 0.3) is 0 Å². The molecule has 10 aromatic rings. The van der Waals surface area contributed by atoms with Gasteiger partial charge in [-0.05, 0) is 71.7 Å². The fourth-order valence-electron chi connectivity index (χ4n) is 8.83. The van der Waals surface area contributed by atoms with Crippen molar-refractivity contribution in [2.24, 2.45) is 0 Å². The molecule has 0 fully saturated rings. The van der Waals surface area contributed by atoms with Crippen molar-refractivity contribution in [3.8, 4) is 22.5 Å². The maximum absolute atomic E-state index is 2.52. The maximum atomic E-state index is 2.52. The molecule has 52 heavy (non-hydrogen) atoms. The minimum Gasteiger partial charge on any atom is -0.376 e. The second-order valence-corrected chi connectivity index (χ2v) is 13.7. The van der Waals surface area contributed by atoms with E-state index in [0.717, 1.165) is 11.4 Å². The SMILES string of the molecule is c1ccc(B2c3ccccc3-c3ccccc3N2c2ccc(-n3c4ccccc4c4c(-n5c6ccccc6c6ccccc65)cccc43)cc2)cc1. The Balaban J connectivity index is 1.11. The molecule has 0 atom stereocenters. The standard InChI is InChI=1S/C48H32BN3/c1-2-15-33(16-3-1)49-41-22-9-4-17-36(41)37-18-7-13-26-45(37)52(49)35-31-29-34(30-32-35)50-44-25-12-8-21-40(44)48-46(50)27-14-28-47(48)51-42-23-10-5-19-38(42)39-20-6-11-24-43(39)51/h1-32H. The van der Waals surface area contributed by atoms with Gasteiger partial charge >= 0.3 is 6.85 Å². The van der Waals surface area contributed by atoms with Gasteiger partial charge in [-0.25, -0.2) is 0 Å². The van der Waals surface area contributed by atoms with Crippen LogP contribution in [0.2, 0.25) is 0 Å². The Hall–Kier alpha value is -6.78. The summed E-state index contributed by atoms with van der Waals surface area (Å²) in [6.07, 6.45) is 0. The van der Waals surface area contributed by atoms with E-state index >= 15 is 0 Å². The van der Waals surface area contributed by atoms with Crippen LogP contribution in [0.5, 0.6) is 0 Å². The zero-order valence-electron chi connectivity index (χ0n) is 28.4. The van der Waals surface area contributed by atoms with E-state index in [1.165, 1.54) is 77.0 Å². The molecule has 4 heteroatoms. The molecule has 3 heterocycles. The zero-order chi connectivity index (χ0) is 34.2. The molecular formula is C48H32BN3. The fourth-order valence-corrected chi connectivity index (χ4v) is 8.83. The van der Waals surface area contributed by atoms with Crippen LogP contribution < -0.4 is 15.7 Å². The van der Waals surface area contributed by atoms with Crippen molar-refractivity contribution in [3.05, 3.63) is 194 Å². The van der Waals surface area contributed by atoms with Crippen molar-refractivity contribution in [1.29, 1.82) is 0 Å². The van der Waals surface area contributed by atoms with E-state index in [1.54, 1.807) is 0 Å². The Labute approximate surface area is 302 Å². The second kappa shape index (κ2) is 11.4. The van der Waals surface area contributed by atoms with Gasteiger partial charge in [0.1, 0.15) is 0 Å².